The number of methoxy groups -OCH3 is 1. The van der Waals surface area contributed by atoms with E-state index in [1.165, 1.54) is 48.6 Å². The number of likely N-dealkylation sites (tertiary alicyclic amines) is 1. The number of phenolic OH excluding ortho intramolecular Hbond substituents is 1. The van der Waals surface area contributed by atoms with Gasteiger partial charge in [-0.25, -0.2) is 14.2 Å². The van der Waals surface area contributed by atoms with E-state index < -0.39 is 230 Å². The Morgan fingerprint density at radius 3 is 1.95 bits per heavy atom. The van der Waals surface area contributed by atoms with Gasteiger partial charge in [-0.15, -0.1) is 0 Å². The zero-order valence-corrected chi connectivity index (χ0v) is 65.2. The number of carbonyl (C=O) groups excluding carboxylic acids is 12. The molecule has 1 saturated heterocycles. The highest BCUT2D eigenvalue weighted by Gasteiger charge is 2.49. The minimum atomic E-state index is -2.28. The maximum atomic E-state index is 15.6. The summed E-state index contributed by atoms with van der Waals surface area (Å²) >= 11 is 0. The molecule has 616 valence electrons. The van der Waals surface area contributed by atoms with Crippen molar-refractivity contribution in [1.82, 2.24) is 46.4 Å². The van der Waals surface area contributed by atoms with Crippen molar-refractivity contribution in [2.24, 2.45) is 35.3 Å². The number of pyridine rings is 1. The Labute approximate surface area is 663 Å². The van der Waals surface area contributed by atoms with Crippen molar-refractivity contribution in [3.8, 4) is 28.1 Å². The summed E-state index contributed by atoms with van der Waals surface area (Å²) in [5.41, 5.74) is 8.23. The SMILES string of the molecule is CCc1cc(O)ccc1-c1ccc(C[C@H](NC(=O)[C@H](CC(=O)O)CC(=O)[C@H](CO)NC(=O)[C@@H](CC(=O)C(C)(Cc2ccccc2F)NC(=O)[C@@H](CC(=O)CNC(=O)[C@H](CCC(=O)O)CC(=O)C2(C)CCCN2C(=O)[C@H](Cc2c[nH]cn2)NC(=O)OC)[C@@H](C)O)[C@@H](C)O)C(=O)C[C@@H](Cc2ccc(-c3ccccc3C)nc2)C(N)=O)cc1. The molecule has 2 aromatic heterocycles. The van der Waals surface area contributed by atoms with Crippen molar-refractivity contribution in [1.29, 1.82) is 0 Å². The molecule has 3 heterocycles. The van der Waals surface area contributed by atoms with Crippen LogP contribution in [0, 0.1) is 42.3 Å². The summed E-state index contributed by atoms with van der Waals surface area (Å²) < 4.78 is 20.3. The van der Waals surface area contributed by atoms with E-state index in [0.717, 1.165) is 61.8 Å². The smallest absolute Gasteiger partial charge is 0.407 e. The molecule has 0 radical (unpaired) electrons. The molecule has 0 spiro atoms. The Morgan fingerprint density at radius 1 is 0.687 bits per heavy atom. The number of primary amides is 1. The number of benzene rings is 4. The molecule has 1 aliphatic rings. The van der Waals surface area contributed by atoms with E-state index in [2.05, 4.69) is 41.5 Å². The molecule has 4 aromatic carbocycles. The molecular weight excluding hydrogens is 1490 g/mol. The lowest BCUT2D eigenvalue weighted by Crippen LogP contribution is -2.58. The number of carboxylic acid groups (broad SMARTS) is 2. The molecule has 0 aliphatic carbocycles. The average Bonchev–Trinajstić information content (AvgIpc) is 1.69. The van der Waals surface area contributed by atoms with Crippen LogP contribution in [0.15, 0.2) is 122 Å². The number of aromatic nitrogens is 3. The number of hydrogen-bond donors (Lipinski definition) is 13. The molecule has 0 bridgehead atoms. The standard InChI is InChI=1S/C83H101FN10O21/c1-8-51-32-58(98)24-25-61(51)52-21-18-49(19-22-52)31-66(69(100)33-55(75(85)108)30-50-20-26-65(87-41-50)60-16-11-9-14-46(60)2)90-77(110)56(36-74(106)107)34-70(101)68(44-95)91-78(111)63(48(4)97)39-71(102)82(5,40-54-15-10-12-17-64(54)84)93-79(112)62(47(3)96)38-59(99)43-88-76(109)53(23-27-73(104)105)35-72(103)83(6)28-13-29-94(83)80(113)67(92-81(114)115-7)37-57-42-86-45-89-57/h9-12,14-22,24-26,32,41-42,45,47-48,53,55-56,62-63,66-68,95-98H,8,13,23,27-31,33-40,43-44H2,1-7H3,(H2,85,108)(H,86,89)(H,88,109)(H,90,110)(H,91,111)(H,92,114)(H,93,112)(H,104,105)(H,106,107)/t47-,48-,53-,55-,56+,62+,63+,66+,67+,68+,82?,83?/m1/s1. The molecule has 7 rings (SSSR count). The number of imidazole rings is 1. The van der Waals surface area contributed by atoms with Gasteiger partial charge in [-0.1, -0.05) is 85.8 Å². The highest BCUT2D eigenvalue weighted by Crippen LogP contribution is 2.35. The van der Waals surface area contributed by atoms with Gasteiger partial charge in [-0.05, 0) is 136 Å². The summed E-state index contributed by atoms with van der Waals surface area (Å²) in [5.74, 6) is -22.2. The third-order valence-electron chi connectivity index (χ3n) is 21.0. The van der Waals surface area contributed by atoms with Crippen LogP contribution in [0.3, 0.4) is 0 Å². The van der Waals surface area contributed by atoms with Gasteiger partial charge in [-0.3, -0.25) is 67.3 Å². The quantitative estimate of drug-likeness (QED) is 0.0247. The zero-order valence-electron chi connectivity index (χ0n) is 65.2. The second-order valence-corrected chi connectivity index (χ2v) is 29.7. The third kappa shape index (κ3) is 25.4. The van der Waals surface area contributed by atoms with Crippen molar-refractivity contribution in [3.05, 3.63) is 161 Å². The van der Waals surface area contributed by atoms with Crippen molar-refractivity contribution in [2.45, 2.75) is 179 Å². The van der Waals surface area contributed by atoms with Gasteiger partial charge in [0.15, 0.2) is 28.9 Å². The Morgan fingerprint density at radius 2 is 1.34 bits per heavy atom. The number of aliphatic hydroxyl groups is 3. The number of nitrogens with zero attached hydrogens (tertiary/aromatic N) is 3. The first-order chi connectivity index (χ1) is 54.5. The van der Waals surface area contributed by atoms with E-state index in [1.807, 2.05) is 38.1 Å². The molecule has 14 N–H and O–H groups in total. The maximum Gasteiger partial charge on any atom is 0.407 e. The van der Waals surface area contributed by atoms with Crippen molar-refractivity contribution >= 4 is 82.4 Å². The van der Waals surface area contributed by atoms with Gasteiger partial charge in [0.05, 0.1) is 91.5 Å². The van der Waals surface area contributed by atoms with E-state index >= 15 is 4.39 Å². The van der Waals surface area contributed by atoms with Gasteiger partial charge < -0.3 is 77.6 Å². The minimum absolute atomic E-state index is 0.0491. The van der Waals surface area contributed by atoms with E-state index in [-0.39, 0.29) is 43.5 Å². The van der Waals surface area contributed by atoms with Crippen molar-refractivity contribution in [2.75, 3.05) is 26.8 Å². The Bertz CT molecular complexity index is 4500. The Hall–Kier alpha value is -11.8. The maximum absolute atomic E-state index is 15.6. The molecule has 0 saturated carbocycles. The highest BCUT2D eigenvalue weighted by atomic mass is 19.1. The number of carboxylic acids is 2. The largest absolute Gasteiger partial charge is 0.508 e. The predicted molar refractivity (Wildman–Crippen MR) is 414 cm³/mol. The topological polar surface area (TPSA) is 501 Å². The summed E-state index contributed by atoms with van der Waals surface area (Å²) in [5, 5.41) is 75.1. The zero-order chi connectivity index (χ0) is 84.6. The van der Waals surface area contributed by atoms with E-state index in [1.54, 1.807) is 54.7 Å². The van der Waals surface area contributed by atoms with Crippen LogP contribution in [0.4, 0.5) is 9.18 Å². The van der Waals surface area contributed by atoms with E-state index in [0.29, 0.717) is 35.4 Å². The van der Waals surface area contributed by atoms with Gasteiger partial charge in [0.25, 0.3) is 0 Å². The number of aliphatic carboxylic acids is 2. The summed E-state index contributed by atoms with van der Waals surface area (Å²) in [6.07, 6.45) is -6.07. The van der Waals surface area contributed by atoms with Gasteiger partial charge in [-0.2, -0.15) is 0 Å². The number of ketones is 5. The number of rotatable bonds is 45. The molecule has 7 amide bonds. The molecule has 6 aromatic rings. The van der Waals surface area contributed by atoms with Crippen LogP contribution in [0.1, 0.15) is 132 Å². The number of H-pyrrole nitrogens is 1. The fourth-order valence-corrected chi connectivity index (χ4v) is 14.1. The number of hydrogen-bond acceptors (Lipinski definition) is 21. The molecule has 31 nitrogen and oxygen atoms in total. The van der Waals surface area contributed by atoms with Crippen LogP contribution < -0.4 is 32.3 Å². The van der Waals surface area contributed by atoms with Gasteiger partial charge >= 0.3 is 18.0 Å². The lowest BCUT2D eigenvalue weighted by atomic mass is 9.81. The van der Waals surface area contributed by atoms with Crippen LogP contribution in [-0.2, 0) is 99.2 Å². The number of halogens is 1. The number of nitrogens with two attached hydrogens (primary N) is 1. The van der Waals surface area contributed by atoms with Crippen LogP contribution in [0.2, 0.25) is 0 Å². The van der Waals surface area contributed by atoms with Gasteiger partial charge in [0, 0.05) is 87.7 Å². The second-order valence-electron chi connectivity index (χ2n) is 29.7. The minimum Gasteiger partial charge on any atom is -0.508 e. The van der Waals surface area contributed by atoms with E-state index in [9.17, 15) is 97.8 Å². The number of aromatic hydroxyl groups is 1. The summed E-state index contributed by atoms with van der Waals surface area (Å²) in [7, 11) is 1.10. The van der Waals surface area contributed by atoms with Crippen molar-refractivity contribution in [3.63, 3.8) is 0 Å². The molecular formula is C83H101FN10O21. The molecule has 2 unspecified atom stereocenters. The highest BCUT2D eigenvalue weighted by molar-refractivity contribution is 6.01. The number of nitrogens with one attached hydrogen (secondary N) is 6. The number of amides is 7. The summed E-state index contributed by atoms with van der Waals surface area (Å²) in [4.78, 5) is 206. The number of ether oxygens (including phenoxy) is 1. The average molecular weight is 1590 g/mol. The van der Waals surface area contributed by atoms with Crippen LogP contribution in [0.25, 0.3) is 22.4 Å². The number of phenols is 1. The molecule has 1 aliphatic heterocycles. The monoisotopic (exact) mass is 1590 g/mol. The summed E-state index contributed by atoms with van der Waals surface area (Å²) in [6, 6.07) is 23.2. The molecule has 12 atom stereocenters. The Balaban J connectivity index is 1.05. The third-order valence-corrected chi connectivity index (χ3v) is 21.0. The summed E-state index contributed by atoms with van der Waals surface area (Å²) in [6.45, 7) is 6.69. The Kier molecular flexibility index (Phi) is 32.9. The van der Waals surface area contributed by atoms with Crippen LogP contribution in [0.5, 0.6) is 5.75 Å². The number of aromatic amines is 1. The van der Waals surface area contributed by atoms with E-state index in [4.69, 9.17) is 10.5 Å². The molecule has 32 heteroatoms. The van der Waals surface area contributed by atoms with Crippen LogP contribution >= 0.6 is 0 Å². The number of alkyl carbamates (subject to hydrolysis) is 1. The van der Waals surface area contributed by atoms with Gasteiger partial charge in [0.1, 0.15) is 23.7 Å². The molecule has 1 fully saturated rings. The first-order valence-corrected chi connectivity index (χ1v) is 37.8. The normalized spacial score (nSPS) is 16.4. The fourth-order valence-electron chi connectivity index (χ4n) is 14.1. The predicted octanol–water partition coefficient (Wildman–Crippen LogP) is 4.65. The van der Waals surface area contributed by atoms with Gasteiger partial charge in [0.2, 0.25) is 35.4 Å². The first kappa shape index (κ1) is 90.4. The van der Waals surface area contributed by atoms with Crippen LogP contribution in [-0.4, -0.2) is 201 Å². The second kappa shape index (κ2) is 41.8. The number of Topliss-reactive ketones (excluding diaryl/α,β-unsaturated/α-hetero) is 5. The van der Waals surface area contributed by atoms with Crippen molar-refractivity contribution < 1.29 is 107 Å². The fraction of sp³-hybridized carbons (Fsp3) is 0.446. The lowest BCUT2D eigenvalue weighted by Gasteiger charge is -2.37. The number of aryl methyl sites for hydroxylation is 2. The molecule has 115 heavy (non-hydrogen) atoms. The number of aliphatic hydroxyl groups excluding tert-OH is 3. The number of carbonyl (C=O) groups is 14. The first-order valence-electron chi connectivity index (χ1n) is 37.8. The lowest BCUT2D eigenvalue weighted by molar-refractivity contribution is -0.145.